The van der Waals surface area contributed by atoms with Gasteiger partial charge in [-0.2, -0.15) is 0 Å². The fraction of sp³-hybridized carbons (Fsp3) is 0.0769. The Bertz CT molecular complexity index is 525. The van der Waals surface area contributed by atoms with Crippen LogP contribution in [-0.4, -0.2) is 10.2 Å². The Labute approximate surface area is 113 Å². The molecule has 0 amide bonds. The first-order chi connectivity index (χ1) is 8.09. The highest BCUT2D eigenvalue weighted by Gasteiger charge is 2.15. The molecule has 0 heterocycles. The molecule has 0 bridgehead atoms. The summed E-state index contributed by atoms with van der Waals surface area (Å²) in [4.78, 5) is 0. The van der Waals surface area contributed by atoms with Crippen LogP contribution < -0.4 is 0 Å². The van der Waals surface area contributed by atoms with Gasteiger partial charge < -0.3 is 10.2 Å². The minimum Gasteiger partial charge on any atom is -0.506 e. The maximum absolute atomic E-state index is 10.2. The monoisotopic (exact) mass is 312 g/mol. The first kappa shape index (κ1) is 12.4. The molecule has 2 aromatic rings. The molecule has 0 aliphatic carbocycles. The fourth-order valence-electron chi connectivity index (χ4n) is 1.58. The van der Waals surface area contributed by atoms with Gasteiger partial charge in [0.1, 0.15) is 11.9 Å². The number of aliphatic hydroxyl groups excluding tert-OH is 1. The third kappa shape index (κ3) is 2.63. The maximum Gasteiger partial charge on any atom is 0.135 e. The smallest absolute Gasteiger partial charge is 0.135 e. The molecule has 2 aromatic carbocycles. The van der Waals surface area contributed by atoms with Crippen molar-refractivity contribution in [1.82, 2.24) is 0 Å². The molecule has 88 valence electrons. The molecular weight excluding hydrogens is 303 g/mol. The van der Waals surface area contributed by atoms with Crippen molar-refractivity contribution in [2.45, 2.75) is 6.10 Å². The van der Waals surface area contributed by atoms with E-state index >= 15 is 0 Å². The molecule has 17 heavy (non-hydrogen) atoms. The number of phenols is 1. The van der Waals surface area contributed by atoms with Gasteiger partial charge >= 0.3 is 0 Å². The standard InChI is InChI=1S/C13H10BrClO2/c14-11-3-1-2-10(13(11)17)12(16)8-4-6-9(15)7-5-8/h1-7,12,16-17H. The zero-order chi connectivity index (χ0) is 12.4. The average molecular weight is 314 g/mol. The van der Waals surface area contributed by atoms with Crippen molar-refractivity contribution in [3.63, 3.8) is 0 Å². The number of phenolic OH excluding ortho intramolecular Hbond substituents is 1. The first-order valence-corrected chi connectivity index (χ1v) is 6.17. The van der Waals surface area contributed by atoms with Crippen molar-refractivity contribution in [2.75, 3.05) is 0 Å². The average Bonchev–Trinajstić information content (AvgIpc) is 2.33. The lowest BCUT2D eigenvalue weighted by Crippen LogP contribution is -1.99. The normalized spacial score (nSPS) is 12.4. The molecule has 0 radical (unpaired) electrons. The van der Waals surface area contributed by atoms with E-state index in [4.69, 9.17) is 11.6 Å². The van der Waals surface area contributed by atoms with E-state index in [0.717, 1.165) is 0 Å². The zero-order valence-electron chi connectivity index (χ0n) is 8.77. The molecule has 0 aliphatic rings. The van der Waals surface area contributed by atoms with Gasteiger partial charge in [-0.3, -0.25) is 0 Å². The summed E-state index contributed by atoms with van der Waals surface area (Å²) in [5.74, 6) is 0.0509. The van der Waals surface area contributed by atoms with Crippen LogP contribution in [0.4, 0.5) is 0 Å². The number of hydrogen-bond acceptors (Lipinski definition) is 2. The lowest BCUT2D eigenvalue weighted by Gasteiger charge is -2.13. The Morgan fingerprint density at radius 1 is 1.06 bits per heavy atom. The van der Waals surface area contributed by atoms with Crippen molar-refractivity contribution in [2.24, 2.45) is 0 Å². The van der Waals surface area contributed by atoms with Crippen LogP contribution in [0.25, 0.3) is 0 Å². The van der Waals surface area contributed by atoms with Crippen LogP contribution in [0.5, 0.6) is 5.75 Å². The Hall–Kier alpha value is -1.03. The van der Waals surface area contributed by atoms with Gasteiger partial charge in [0.15, 0.2) is 0 Å². The molecule has 4 heteroatoms. The van der Waals surface area contributed by atoms with Gasteiger partial charge in [0.05, 0.1) is 4.47 Å². The van der Waals surface area contributed by atoms with E-state index in [2.05, 4.69) is 15.9 Å². The van der Waals surface area contributed by atoms with E-state index in [1.54, 1.807) is 42.5 Å². The lowest BCUT2D eigenvalue weighted by molar-refractivity contribution is 0.215. The predicted molar refractivity (Wildman–Crippen MR) is 71.3 cm³/mol. The number of rotatable bonds is 2. The molecule has 0 saturated carbocycles. The van der Waals surface area contributed by atoms with E-state index in [-0.39, 0.29) is 5.75 Å². The SMILES string of the molecule is Oc1c(Br)cccc1C(O)c1ccc(Cl)cc1. The molecule has 0 saturated heterocycles. The minimum absolute atomic E-state index is 0.0509. The fourth-order valence-corrected chi connectivity index (χ4v) is 2.08. The topological polar surface area (TPSA) is 40.5 Å². The summed E-state index contributed by atoms with van der Waals surface area (Å²) >= 11 is 9.00. The van der Waals surface area contributed by atoms with Crippen LogP contribution in [0, 0.1) is 0 Å². The Morgan fingerprint density at radius 3 is 2.35 bits per heavy atom. The largest absolute Gasteiger partial charge is 0.506 e. The maximum atomic E-state index is 10.2. The van der Waals surface area contributed by atoms with Crippen LogP contribution in [0.1, 0.15) is 17.2 Å². The second-order valence-corrected chi connectivity index (χ2v) is 4.92. The Balaban J connectivity index is 2.40. The Morgan fingerprint density at radius 2 is 1.71 bits per heavy atom. The number of para-hydroxylation sites is 1. The van der Waals surface area contributed by atoms with E-state index in [1.807, 2.05) is 0 Å². The summed E-state index contributed by atoms with van der Waals surface area (Å²) in [6.07, 6.45) is -0.871. The van der Waals surface area contributed by atoms with Crippen molar-refractivity contribution in [1.29, 1.82) is 0 Å². The van der Waals surface area contributed by atoms with E-state index in [9.17, 15) is 10.2 Å². The molecule has 0 fully saturated rings. The highest BCUT2D eigenvalue weighted by atomic mass is 79.9. The first-order valence-electron chi connectivity index (χ1n) is 5.00. The van der Waals surface area contributed by atoms with E-state index in [0.29, 0.717) is 20.6 Å². The van der Waals surface area contributed by atoms with E-state index in [1.165, 1.54) is 0 Å². The quantitative estimate of drug-likeness (QED) is 0.883. The Kier molecular flexibility index (Phi) is 3.72. The summed E-state index contributed by atoms with van der Waals surface area (Å²) in [6.45, 7) is 0. The molecular formula is C13H10BrClO2. The molecule has 2 nitrogen and oxygen atoms in total. The second kappa shape index (κ2) is 5.08. The third-order valence-electron chi connectivity index (χ3n) is 2.50. The highest BCUT2D eigenvalue weighted by Crippen LogP contribution is 2.34. The van der Waals surface area contributed by atoms with Gasteiger partial charge in [0, 0.05) is 10.6 Å². The van der Waals surface area contributed by atoms with Crippen LogP contribution >= 0.6 is 27.5 Å². The molecule has 1 unspecified atom stereocenters. The molecule has 2 rings (SSSR count). The summed E-state index contributed by atoms with van der Waals surface area (Å²) in [5.41, 5.74) is 1.14. The van der Waals surface area contributed by atoms with Crippen LogP contribution in [0.15, 0.2) is 46.9 Å². The predicted octanol–water partition coefficient (Wildman–Crippen LogP) is 3.89. The van der Waals surface area contributed by atoms with Crippen molar-refractivity contribution in [3.8, 4) is 5.75 Å². The zero-order valence-corrected chi connectivity index (χ0v) is 11.1. The minimum atomic E-state index is -0.871. The molecule has 2 N–H and O–H groups in total. The second-order valence-electron chi connectivity index (χ2n) is 3.63. The summed E-state index contributed by atoms with van der Waals surface area (Å²) in [5, 5.41) is 20.6. The number of benzene rings is 2. The number of aliphatic hydroxyl groups is 1. The lowest BCUT2D eigenvalue weighted by atomic mass is 10.0. The van der Waals surface area contributed by atoms with Crippen molar-refractivity contribution in [3.05, 3.63) is 63.1 Å². The summed E-state index contributed by atoms with van der Waals surface area (Å²) < 4.78 is 0.558. The van der Waals surface area contributed by atoms with Gasteiger partial charge in [0.25, 0.3) is 0 Å². The number of halogens is 2. The van der Waals surface area contributed by atoms with Crippen molar-refractivity contribution >= 4 is 27.5 Å². The van der Waals surface area contributed by atoms with Crippen LogP contribution in [0.2, 0.25) is 5.02 Å². The van der Waals surface area contributed by atoms with Gasteiger partial charge in [-0.25, -0.2) is 0 Å². The van der Waals surface area contributed by atoms with Crippen molar-refractivity contribution < 1.29 is 10.2 Å². The summed E-state index contributed by atoms with van der Waals surface area (Å²) in [7, 11) is 0. The van der Waals surface area contributed by atoms with E-state index < -0.39 is 6.10 Å². The van der Waals surface area contributed by atoms with Gasteiger partial charge in [-0.05, 0) is 39.7 Å². The molecule has 1 atom stereocenters. The van der Waals surface area contributed by atoms with Crippen LogP contribution in [0.3, 0.4) is 0 Å². The van der Waals surface area contributed by atoms with Gasteiger partial charge in [-0.15, -0.1) is 0 Å². The highest BCUT2D eigenvalue weighted by molar-refractivity contribution is 9.10. The number of aromatic hydroxyl groups is 1. The third-order valence-corrected chi connectivity index (χ3v) is 3.39. The summed E-state index contributed by atoms with van der Waals surface area (Å²) in [6, 6.07) is 12.0. The van der Waals surface area contributed by atoms with Gasteiger partial charge in [0.2, 0.25) is 0 Å². The molecule has 0 aromatic heterocycles. The number of hydrogen-bond donors (Lipinski definition) is 2. The van der Waals surface area contributed by atoms with Crippen LogP contribution in [-0.2, 0) is 0 Å². The van der Waals surface area contributed by atoms with Gasteiger partial charge in [-0.1, -0.05) is 35.9 Å². The molecule has 0 aliphatic heterocycles. The molecule has 0 spiro atoms.